The first kappa shape index (κ1) is 16.3. The van der Waals surface area contributed by atoms with Gasteiger partial charge in [0.2, 0.25) is 0 Å². The van der Waals surface area contributed by atoms with Gasteiger partial charge < -0.3 is 15.7 Å². The normalized spacial score (nSPS) is 20.6. The number of nitrogens with one attached hydrogen (secondary N) is 2. The molecule has 3 N–H and O–H groups in total. The van der Waals surface area contributed by atoms with Gasteiger partial charge in [-0.2, -0.15) is 0 Å². The summed E-state index contributed by atoms with van der Waals surface area (Å²) in [7, 11) is 0. The van der Waals surface area contributed by atoms with E-state index in [0.717, 1.165) is 30.5 Å². The van der Waals surface area contributed by atoms with Crippen LogP contribution in [0.5, 0.6) is 0 Å². The summed E-state index contributed by atoms with van der Waals surface area (Å²) in [5.41, 5.74) is 3.12. The van der Waals surface area contributed by atoms with Gasteiger partial charge in [-0.1, -0.05) is 26.0 Å². The van der Waals surface area contributed by atoms with Gasteiger partial charge in [0, 0.05) is 11.7 Å². The van der Waals surface area contributed by atoms with Gasteiger partial charge in [0.25, 0.3) is 0 Å². The summed E-state index contributed by atoms with van der Waals surface area (Å²) in [4.78, 5) is 23.1. The topological polar surface area (TPSA) is 78.4 Å². The van der Waals surface area contributed by atoms with Crippen molar-refractivity contribution in [3.05, 3.63) is 29.3 Å². The zero-order chi connectivity index (χ0) is 16.1. The average Bonchev–Trinajstić information content (AvgIpc) is 2.95. The molecule has 0 radical (unpaired) electrons. The van der Waals surface area contributed by atoms with Gasteiger partial charge in [-0.05, 0) is 49.3 Å². The third kappa shape index (κ3) is 4.00. The van der Waals surface area contributed by atoms with E-state index in [1.165, 1.54) is 5.56 Å². The number of aliphatic carboxylic acids is 1. The van der Waals surface area contributed by atoms with Gasteiger partial charge in [0.1, 0.15) is 0 Å². The van der Waals surface area contributed by atoms with Crippen LogP contribution >= 0.6 is 0 Å². The number of hydrogen-bond acceptors (Lipinski definition) is 2. The number of urea groups is 1. The molecule has 0 bridgehead atoms. The molecule has 0 aliphatic heterocycles. The van der Waals surface area contributed by atoms with Gasteiger partial charge in [0.05, 0.1) is 5.92 Å². The number of amides is 2. The van der Waals surface area contributed by atoms with Crippen LogP contribution in [0, 0.1) is 5.92 Å². The highest BCUT2D eigenvalue weighted by Crippen LogP contribution is 2.26. The number of aryl methyl sites for hydroxylation is 2. The van der Waals surface area contributed by atoms with Crippen LogP contribution in [0.4, 0.5) is 10.5 Å². The van der Waals surface area contributed by atoms with Crippen molar-refractivity contribution in [2.75, 3.05) is 5.32 Å². The monoisotopic (exact) mass is 304 g/mol. The Kier molecular flexibility index (Phi) is 5.41. The Hall–Kier alpha value is -2.04. The Balaban J connectivity index is 1.96. The summed E-state index contributed by atoms with van der Waals surface area (Å²) in [6, 6.07) is 5.83. The molecule has 2 amide bonds. The van der Waals surface area contributed by atoms with Crippen molar-refractivity contribution >= 4 is 17.7 Å². The lowest BCUT2D eigenvalue weighted by atomic mass is 10.1. The van der Waals surface area contributed by atoms with E-state index in [0.29, 0.717) is 12.8 Å². The minimum atomic E-state index is -0.770. The molecular weight excluding hydrogens is 280 g/mol. The molecule has 1 saturated carbocycles. The zero-order valence-electron chi connectivity index (χ0n) is 13.2. The van der Waals surface area contributed by atoms with Gasteiger partial charge in [0.15, 0.2) is 0 Å². The number of carbonyl (C=O) groups excluding carboxylic acids is 1. The summed E-state index contributed by atoms with van der Waals surface area (Å²) < 4.78 is 0. The molecule has 0 heterocycles. The van der Waals surface area contributed by atoms with Gasteiger partial charge >= 0.3 is 12.0 Å². The van der Waals surface area contributed by atoms with Crippen LogP contribution in [0.1, 0.15) is 44.2 Å². The van der Waals surface area contributed by atoms with E-state index in [4.69, 9.17) is 5.11 Å². The summed E-state index contributed by atoms with van der Waals surface area (Å²) >= 11 is 0. The highest BCUT2D eigenvalue weighted by molar-refractivity contribution is 5.90. The molecule has 1 aliphatic rings. The fourth-order valence-corrected chi connectivity index (χ4v) is 2.95. The first-order chi connectivity index (χ1) is 10.5. The summed E-state index contributed by atoms with van der Waals surface area (Å²) in [6.07, 6.45) is 3.64. The van der Waals surface area contributed by atoms with E-state index in [9.17, 15) is 9.59 Å². The SMILES string of the molecule is CCc1ccc(CC)c(NC(=O)N[C@@H]2CC[C@H](C(=O)O)C2)c1. The number of carboxylic acid groups (broad SMARTS) is 1. The maximum atomic E-state index is 12.1. The van der Waals surface area contributed by atoms with Crippen molar-refractivity contribution in [1.29, 1.82) is 0 Å². The van der Waals surface area contributed by atoms with E-state index < -0.39 is 5.97 Å². The first-order valence-electron chi connectivity index (χ1n) is 7.95. The fourth-order valence-electron chi connectivity index (χ4n) is 2.95. The maximum absolute atomic E-state index is 12.1. The van der Waals surface area contributed by atoms with Crippen LogP contribution in [0.3, 0.4) is 0 Å². The van der Waals surface area contributed by atoms with Gasteiger partial charge in [-0.15, -0.1) is 0 Å². The largest absolute Gasteiger partial charge is 0.481 e. The number of carboxylic acids is 1. The minimum absolute atomic E-state index is 0.0551. The number of carbonyl (C=O) groups is 2. The predicted octanol–water partition coefficient (Wildman–Crippen LogP) is 3.19. The molecule has 1 aliphatic carbocycles. The molecule has 5 nitrogen and oxygen atoms in total. The summed E-state index contributed by atoms with van der Waals surface area (Å²) in [5, 5.41) is 14.8. The Bertz CT molecular complexity index is 557. The van der Waals surface area contributed by atoms with Crippen LogP contribution in [0.2, 0.25) is 0 Å². The third-order valence-corrected chi connectivity index (χ3v) is 4.33. The second kappa shape index (κ2) is 7.29. The molecule has 1 fully saturated rings. The van der Waals surface area contributed by atoms with E-state index >= 15 is 0 Å². The molecule has 2 atom stereocenters. The Morgan fingerprint density at radius 3 is 2.59 bits per heavy atom. The Morgan fingerprint density at radius 2 is 2.00 bits per heavy atom. The smallest absolute Gasteiger partial charge is 0.319 e. The Morgan fingerprint density at radius 1 is 1.23 bits per heavy atom. The van der Waals surface area contributed by atoms with E-state index in [-0.39, 0.29) is 18.0 Å². The second-order valence-corrected chi connectivity index (χ2v) is 5.84. The van der Waals surface area contributed by atoms with Crippen molar-refractivity contribution in [1.82, 2.24) is 5.32 Å². The number of hydrogen-bond donors (Lipinski definition) is 3. The van der Waals surface area contributed by atoms with E-state index in [1.807, 2.05) is 12.1 Å². The molecule has 5 heteroatoms. The third-order valence-electron chi connectivity index (χ3n) is 4.33. The van der Waals surface area contributed by atoms with Crippen molar-refractivity contribution < 1.29 is 14.7 Å². The molecule has 0 aromatic heterocycles. The number of anilines is 1. The van der Waals surface area contributed by atoms with Crippen molar-refractivity contribution in [3.8, 4) is 0 Å². The lowest BCUT2D eigenvalue weighted by Gasteiger charge is -2.16. The number of benzene rings is 1. The highest BCUT2D eigenvalue weighted by Gasteiger charge is 2.30. The molecule has 120 valence electrons. The molecule has 0 saturated heterocycles. The zero-order valence-corrected chi connectivity index (χ0v) is 13.2. The van der Waals surface area contributed by atoms with Crippen LogP contribution in [0.25, 0.3) is 0 Å². The second-order valence-electron chi connectivity index (χ2n) is 5.84. The van der Waals surface area contributed by atoms with Crippen LogP contribution in [-0.4, -0.2) is 23.1 Å². The average molecular weight is 304 g/mol. The van der Waals surface area contributed by atoms with Crippen LogP contribution < -0.4 is 10.6 Å². The lowest BCUT2D eigenvalue weighted by Crippen LogP contribution is -2.37. The highest BCUT2D eigenvalue weighted by atomic mass is 16.4. The lowest BCUT2D eigenvalue weighted by molar-refractivity contribution is -0.141. The molecule has 22 heavy (non-hydrogen) atoms. The quantitative estimate of drug-likeness (QED) is 0.781. The van der Waals surface area contributed by atoms with Crippen molar-refractivity contribution in [3.63, 3.8) is 0 Å². The first-order valence-corrected chi connectivity index (χ1v) is 7.95. The van der Waals surface area contributed by atoms with Crippen molar-refractivity contribution in [2.24, 2.45) is 5.92 Å². The van der Waals surface area contributed by atoms with Gasteiger partial charge in [-0.25, -0.2) is 4.79 Å². The van der Waals surface area contributed by atoms with Gasteiger partial charge in [-0.3, -0.25) is 4.79 Å². The maximum Gasteiger partial charge on any atom is 0.319 e. The van der Waals surface area contributed by atoms with Crippen LogP contribution in [0.15, 0.2) is 18.2 Å². The molecule has 1 aromatic rings. The Labute approximate surface area is 131 Å². The molecular formula is C17H24N2O3. The minimum Gasteiger partial charge on any atom is -0.481 e. The molecule has 2 rings (SSSR count). The standard InChI is InChI=1S/C17H24N2O3/c1-3-11-5-6-12(4-2)15(9-11)19-17(22)18-14-8-7-13(10-14)16(20)21/h5-6,9,13-14H,3-4,7-8,10H2,1-2H3,(H,20,21)(H2,18,19,22)/t13-,14+/m0/s1. The predicted molar refractivity (Wildman–Crippen MR) is 86.1 cm³/mol. The van der Waals surface area contributed by atoms with E-state index in [2.05, 4.69) is 30.5 Å². The summed E-state index contributed by atoms with van der Waals surface area (Å²) in [5.74, 6) is -1.10. The van der Waals surface area contributed by atoms with Crippen LogP contribution in [-0.2, 0) is 17.6 Å². The van der Waals surface area contributed by atoms with E-state index in [1.54, 1.807) is 0 Å². The van der Waals surface area contributed by atoms with Crippen molar-refractivity contribution in [2.45, 2.75) is 52.0 Å². The number of rotatable bonds is 5. The molecule has 0 unspecified atom stereocenters. The molecule has 0 spiro atoms. The molecule has 1 aromatic carbocycles. The summed E-state index contributed by atoms with van der Waals surface area (Å²) in [6.45, 7) is 4.13. The fraction of sp³-hybridized carbons (Fsp3) is 0.529.